The van der Waals surface area contributed by atoms with E-state index >= 15 is 0 Å². The molecule has 28 heavy (non-hydrogen) atoms. The molecule has 0 unspecified atom stereocenters. The average molecular weight is 404 g/mol. The molecule has 0 atom stereocenters. The number of benzene rings is 1. The largest absolute Gasteiger partial charge is 0.368 e. The van der Waals surface area contributed by atoms with Gasteiger partial charge in [-0.15, -0.1) is 10.2 Å². The van der Waals surface area contributed by atoms with Crippen molar-refractivity contribution < 1.29 is 9.18 Å². The van der Waals surface area contributed by atoms with Gasteiger partial charge in [0.25, 0.3) is 5.91 Å². The molecule has 148 valence electrons. The van der Waals surface area contributed by atoms with Crippen molar-refractivity contribution in [2.45, 2.75) is 19.3 Å². The van der Waals surface area contributed by atoms with E-state index in [1.54, 1.807) is 23.1 Å². The number of amides is 1. The van der Waals surface area contributed by atoms with Gasteiger partial charge in [-0.05, 0) is 49.6 Å². The summed E-state index contributed by atoms with van der Waals surface area (Å²) in [7, 11) is 0. The average Bonchev–Trinajstić information content (AvgIpc) is 2.76. The predicted molar refractivity (Wildman–Crippen MR) is 108 cm³/mol. The fourth-order valence-electron chi connectivity index (χ4n) is 3.74. The molecule has 0 saturated carbocycles. The number of rotatable bonds is 3. The molecule has 1 aromatic carbocycles. The third-order valence-electron chi connectivity index (χ3n) is 5.38. The summed E-state index contributed by atoms with van der Waals surface area (Å²) in [5, 5.41) is 8.55. The maximum atomic E-state index is 13.3. The molecule has 0 bridgehead atoms. The van der Waals surface area contributed by atoms with Crippen LogP contribution in [0.2, 0.25) is 5.02 Å². The van der Waals surface area contributed by atoms with Crippen LogP contribution in [0, 0.1) is 5.82 Å². The van der Waals surface area contributed by atoms with Gasteiger partial charge in [0.05, 0.1) is 5.02 Å². The Hall–Kier alpha value is -2.41. The van der Waals surface area contributed by atoms with Crippen molar-refractivity contribution in [1.82, 2.24) is 15.1 Å². The molecule has 4 rings (SSSR count). The third kappa shape index (κ3) is 4.04. The number of piperidine rings is 1. The SMILES string of the molecule is O=C(c1ccc(N2CCCCC2)nn1)N1CCN(c2ccc(F)c(Cl)c2)CC1. The van der Waals surface area contributed by atoms with E-state index in [0.717, 1.165) is 24.6 Å². The first-order valence-corrected chi connectivity index (χ1v) is 10.1. The summed E-state index contributed by atoms with van der Waals surface area (Å²) in [6.45, 7) is 4.46. The quantitative estimate of drug-likeness (QED) is 0.787. The van der Waals surface area contributed by atoms with Gasteiger partial charge in [-0.25, -0.2) is 4.39 Å². The van der Waals surface area contributed by atoms with Crippen LogP contribution in [0.15, 0.2) is 30.3 Å². The van der Waals surface area contributed by atoms with Crippen LogP contribution in [0.1, 0.15) is 29.8 Å². The number of anilines is 2. The maximum absolute atomic E-state index is 13.3. The van der Waals surface area contributed by atoms with Gasteiger partial charge in [-0.2, -0.15) is 0 Å². The predicted octanol–water partition coefficient (Wildman–Crippen LogP) is 3.22. The molecule has 8 heteroatoms. The van der Waals surface area contributed by atoms with Gasteiger partial charge in [-0.1, -0.05) is 11.6 Å². The maximum Gasteiger partial charge on any atom is 0.274 e. The highest BCUT2D eigenvalue weighted by molar-refractivity contribution is 6.31. The first kappa shape index (κ1) is 18.9. The summed E-state index contributed by atoms with van der Waals surface area (Å²) < 4.78 is 13.3. The van der Waals surface area contributed by atoms with E-state index in [1.807, 2.05) is 6.07 Å². The lowest BCUT2D eigenvalue weighted by Gasteiger charge is -2.36. The fraction of sp³-hybridized carbons (Fsp3) is 0.450. The van der Waals surface area contributed by atoms with E-state index in [0.29, 0.717) is 31.9 Å². The Morgan fingerprint density at radius 3 is 2.29 bits per heavy atom. The molecule has 2 aliphatic heterocycles. The van der Waals surface area contributed by atoms with Crippen LogP contribution in [-0.4, -0.2) is 60.3 Å². The first-order chi connectivity index (χ1) is 13.6. The smallest absolute Gasteiger partial charge is 0.274 e. The molecule has 1 amide bonds. The van der Waals surface area contributed by atoms with E-state index in [1.165, 1.54) is 25.3 Å². The van der Waals surface area contributed by atoms with Crippen molar-refractivity contribution in [1.29, 1.82) is 0 Å². The van der Waals surface area contributed by atoms with Gasteiger partial charge in [0.1, 0.15) is 5.82 Å². The molecule has 2 saturated heterocycles. The molecule has 0 radical (unpaired) electrons. The van der Waals surface area contributed by atoms with Gasteiger partial charge in [0.15, 0.2) is 11.5 Å². The number of carbonyl (C=O) groups excluding carboxylic acids is 1. The highest BCUT2D eigenvalue weighted by Gasteiger charge is 2.24. The normalized spacial score (nSPS) is 17.7. The van der Waals surface area contributed by atoms with Crippen molar-refractivity contribution in [3.63, 3.8) is 0 Å². The Labute approximate surface area is 168 Å². The zero-order valence-electron chi connectivity index (χ0n) is 15.7. The molecule has 0 aliphatic carbocycles. The van der Waals surface area contributed by atoms with Gasteiger partial charge in [-0.3, -0.25) is 4.79 Å². The highest BCUT2D eigenvalue weighted by atomic mass is 35.5. The molecule has 0 N–H and O–H groups in total. The van der Waals surface area contributed by atoms with Crippen LogP contribution in [-0.2, 0) is 0 Å². The van der Waals surface area contributed by atoms with E-state index in [4.69, 9.17) is 11.6 Å². The first-order valence-electron chi connectivity index (χ1n) is 9.70. The monoisotopic (exact) mass is 403 g/mol. The van der Waals surface area contributed by atoms with Crippen LogP contribution >= 0.6 is 11.6 Å². The van der Waals surface area contributed by atoms with E-state index in [-0.39, 0.29) is 10.9 Å². The van der Waals surface area contributed by atoms with Crippen LogP contribution in [0.5, 0.6) is 0 Å². The third-order valence-corrected chi connectivity index (χ3v) is 5.67. The topological polar surface area (TPSA) is 52.6 Å². The number of piperazine rings is 1. The summed E-state index contributed by atoms with van der Waals surface area (Å²) in [6, 6.07) is 8.37. The zero-order valence-corrected chi connectivity index (χ0v) is 16.4. The zero-order chi connectivity index (χ0) is 19.5. The minimum atomic E-state index is -0.425. The number of halogens is 2. The van der Waals surface area contributed by atoms with Crippen molar-refractivity contribution in [3.8, 4) is 0 Å². The summed E-state index contributed by atoms with van der Waals surface area (Å²) in [4.78, 5) is 18.9. The van der Waals surface area contributed by atoms with Crippen LogP contribution in [0.3, 0.4) is 0 Å². The van der Waals surface area contributed by atoms with Gasteiger partial charge in [0, 0.05) is 45.0 Å². The second-order valence-electron chi connectivity index (χ2n) is 7.20. The Morgan fingerprint density at radius 1 is 0.893 bits per heavy atom. The summed E-state index contributed by atoms with van der Waals surface area (Å²) >= 11 is 5.88. The summed E-state index contributed by atoms with van der Waals surface area (Å²) in [5.41, 5.74) is 1.24. The van der Waals surface area contributed by atoms with E-state index < -0.39 is 5.82 Å². The van der Waals surface area contributed by atoms with Crippen LogP contribution < -0.4 is 9.80 Å². The summed E-state index contributed by atoms with van der Waals surface area (Å²) in [6.07, 6.45) is 3.61. The molecule has 2 aromatic rings. The Morgan fingerprint density at radius 2 is 1.64 bits per heavy atom. The number of aromatic nitrogens is 2. The molecular weight excluding hydrogens is 381 g/mol. The molecule has 1 aromatic heterocycles. The second-order valence-corrected chi connectivity index (χ2v) is 7.61. The van der Waals surface area contributed by atoms with Crippen molar-refractivity contribution in [2.75, 3.05) is 49.1 Å². The van der Waals surface area contributed by atoms with Crippen molar-refractivity contribution in [3.05, 3.63) is 46.9 Å². The summed E-state index contributed by atoms with van der Waals surface area (Å²) in [5.74, 6) is 0.314. The van der Waals surface area contributed by atoms with Gasteiger partial charge >= 0.3 is 0 Å². The fourth-order valence-corrected chi connectivity index (χ4v) is 3.92. The highest BCUT2D eigenvalue weighted by Crippen LogP contribution is 2.24. The minimum Gasteiger partial charge on any atom is -0.368 e. The molecule has 0 spiro atoms. The lowest BCUT2D eigenvalue weighted by atomic mass is 10.1. The number of hydrogen-bond acceptors (Lipinski definition) is 5. The lowest BCUT2D eigenvalue weighted by Crippen LogP contribution is -2.49. The molecular formula is C20H23ClFN5O. The van der Waals surface area contributed by atoms with E-state index in [9.17, 15) is 9.18 Å². The molecule has 2 fully saturated rings. The second kappa shape index (κ2) is 8.31. The van der Waals surface area contributed by atoms with E-state index in [2.05, 4.69) is 20.0 Å². The van der Waals surface area contributed by atoms with Gasteiger partial charge < -0.3 is 14.7 Å². The Balaban J connectivity index is 1.36. The van der Waals surface area contributed by atoms with Gasteiger partial charge in [0.2, 0.25) is 0 Å². The Bertz CT molecular complexity index is 833. The van der Waals surface area contributed by atoms with Crippen molar-refractivity contribution in [2.24, 2.45) is 0 Å². The molecule has 6 nitrogen and oxygen atoms in total. The number of nitrogens with zero attached hydrogens (tertiary/aromatic N) is 5. The minimum absolute atomic E-state index is 0.102. The molecule has 3 heterocycles. The molecule has 2 aliphatic rings. The number of hydrogen-bond donors (Lipinski definition) is 0. The van der Waals surface area contributed by atoms with Crippen LogP contribution in [0.4, 0.5) is 15.9 Å². The van der Waals surface area contributed by atoms with Crippen molar-refractivity contribution >= 4 is 29.0 Å². The standard InChI is InChI=1S/C20H23ClFN5O/c21-16-14-15(4-5-17(16)22)25-10-12-27(13-11-25)20(28)18-6-7-19(24-23-18)26-8-2-1-3-9-26/h4-7,14H,1-3,8-13H2. The van der Waals surface area contributed by atoms with Crippen LogP contribution in [0.25, 0.3) is 0 Å². The number of carbonyl (C=O) groups is 1. The Kier molecular flexibility index (Phi) is 5.62. The lowest BCUT2D eigenvalue weighted by molar-refractivity contribution is 0.0739.